The first-order chi connectivity index (χ1) is 12.6. The van der Waals surface area contributed by atoms with E-state index < -0.39 is 0 Å². The van der Waals surface area contributed by atoms with Crippen molar-refractivity contribution in [3.8, 4) is 5.75 Å². The lowest BCUT2D eigenvalue weighted by molar-refractivity contribution is -0.120. The Hall–Kier alpha value is -2.02. The van der Waals surface area contributed by atoms with E-state index in [2.05, 4.69) is 27.0 Å². The number of nitrogens with zero attached hydrogens (tertiary/aromatic N) is 3. The fraction of sp³-hybridized carbons (Fsp3) is 0.526. The number of carbonyl (C=O) groups is 1. The van der Waals surface area contributed by atoms with E-state index >= 15 is 0 Å². The van der Waals surface area contributed by atoms with Gasteiger partial charge >= 0.3 is 0 Å². The van der Waals surface area contributed by atoms with Crippen molar-refractivity contribution in [2.75, 3.05) is 13.7 Å². The maximum absolute atomic E-state index is 12.4. The third-order valence-corrected chi connectivity index (χ3v) is 5.61. The molecule has 1 saturated carbocycles. The Morgan fingerprint density at radius 1 is 1.35 bits per heavy atom. The molecule has 1 aromatic carbocycles. The molecule has 0 radical (unpaired) electrons. The molecule has 1 aromatic heterocycles. The molecule has 140 valence electrons. The minimum atomic E-state index is -0.201. The molecule has 0 bridgehead atoms. The molecule has 0 saturated heterocycles. The lowest BCUT2D eigenvalue weighted by atomic mass is 10.1. The van der Waals surface area contributed by atoms with Crippen LogP contribution in [0.25, 0.3) is 0 Å². The highest BCUT2D eigenvalue weighted by molar-refractivity contribution is 8.00. The molecule has 1 unspecified atom stereocenters. The van der Waals surface area contributed by atoms with E-state index in [1.54, 1.807) is 7.11 Å². The zero-order chi connectivity index (χ0) is 18.5. The minimum absolute atomic E-state index is 0.0298. The normalized spacial score (nSPS) is 14.9. The second-order valence-corrected chi connectivity index (χ2v) is 7.82. The fourth-order valence-corrected chi connectivity index (χ4v) is 3.75. The Morgan fingerprint density at radius 2 is 2.08 bits per heavy atom. The number of carbonyl (C=O) groups excluding carboxylic acids is 1. The van der Waals surface area contributed by atoms with Crippen LogP contribution in [0.5, 0.6) is 5.75 Å². The molecule has 1 N–H and O–H groups in total. The van der Waals surface area contributed by atoms with Crippen LogP contribution in [0, 0.1) is 0 Å². The average Bonchev–Trinajstić information content (AvgIpc) is 3.43. The van der Waals surface area contributed by atoms with Crippen LogP contribution in [-0.4, -0.2) is 39.6 Å². The predicted octanol–water partition coefficient (Wildman–Crippen LogP) is 3.02. The Balaban J connectivity index is 1.48. The first-order valence-electron chi connectivity index (χ1n) is 9.12. The van der Waals surface area contributed by atoms with Gasteiger partial charge in [-0.3, -0.25) is 4.79 Å². The van der Waals surface area contributed by atoms with E-state index in [1.807, 2.05) is 31.2 Å². The number of hydrogen-bond acceptors (Lipinski definition) is 5. The number of nitrogens with one attached hydrogen (secondary N) is 1. The van der Waals surface area contributed by atoms with Crippen molar-refractivity contribution in [3.63, 3.8) is 0 Å². The van der Waals surface area contributed by atoms with E-state index in [1.165, 1.54) is 30.2 Å². The van der Waals surface area contributed by atoms with Crippen molar-refractivity contribution >= 4 is 17.7 Å². The van der Waals surface area contributed by atoms with Gasteiger partial charge in [-0.15, -0.1) is 10.2 Å². The predicted molar refractivity (Wildman–Crippen MR) is 103 cm³/mol. The summed E-state index contributed by atoms with van der Waals surface area (Å²) in [5.41, 5.74) is 1.17. The first-order valence-corrected chi connectivity index (χ1v) is 10.0. The molecule has 1 aliphatic rings. The van der Waals surface area contributed by atoms with Gasteiger partial charge in [0, 0.05) is 19.0 Å². The van der Waals surface area contributed by atoms with Crippen LogP contribution in [0.2, 0.25) is 0 Å². The molecule has 1 aliphatic carbocycles. The van der Waals surface area contributed by atoms with Gasteiger partial charge in [-0.1, -0.05) is 23.9 Å². The molecule has 6 nitrogen and oxygen atoms in total. The summed E-state index contributed by atoms with van der Waals surface area (Å²) in [6, 6.07) is 7.91. The molecular formula is C19H26N4O2S. The zero-order valence-corrected chi connectivity index (χ0v) is 16.4. The van der Waals surface area contributed by atoms with E-state index in [4.69, 9.17) is 4.74 Å². The van der Waals surface area contributed by atoms with Crippen molar-refractivity contribution in [2.45, 2.75) is 56.0 Å². The van der Waals surface area contributed by atoms with Crippen molar-refractivity contribution in [1.29, 1.82) is 0 Å². The molecule has 1 atom stereocenters. The maximum Gasteiger partial charge on any atom is 0.233 e. The topological polar surface area (TPSA) is 69.0 Å². The molecule has 26 heavy (non-hydrogen) atoms. The van der Waals surface area contributed by atoms with E-state index in [0.29, 0.717) is 12.5 Å². The average molecular weight is 375 g/mol. The second kappa shape index (κ2) is 8.58. The third-order valence-electron chi connectivity index (χ3n) is 4.53. The number of benzene rings is 1. The molecule has 1 heterocycles. The number of thioether (sulfide) groups is 1. The minimum Gasteiger partial charge on any atom is -0.497 e. The first kappa shape index (κ1) is 18.8. The summed E-state index contributed by atoms with van der Waals surface area (Å²) in [6.07, 6.45) is 3.19. The van der Waals surface area contributed by atoms with Crippen molar-refractivity contribution in [1.82, 2.24) is 20.1 Å². The van der Waals surface area contributed by atoms with Gasteiger partial charge in [-0.2, -0.15) is 0 Å². The Labute approximate surface area is 158 Å². The molecule has 0 spiro atoms. The summed E-state index contributed by atoms with van der Waals surface area (Å²) in [6.45, 7) is 5.47. The summed E-state index contributed by atoms with van der Waals surface area (Å²) in [7, 11) is 1.65. The number of aromatic nitrogens is 3. The number of ether oxygens (including phenoxy) is 1. The van der Waals surface area contributed by atoms with Crippen molar-refractivity contribution in [2.24, 2.45) is 0 Å². The van der Waals surface area contributed by atoms with Crippen LogP contribution >= 0.6 is 11.8 Å². The van der Waals surface area contributed by atoms with E-state index in [-0.39, 0.29) is 11.2 Å². The molecule has 1 amide bonds. The second-order valence-electron chi connectivity index (χ2n) is 6.51. The molecule has 0 aliphatic heterocycles. The number of amides is 1. The van der Waals surface area contributed by atoms with Crippen LogP contribution in [0.1, 0.15) is 44.0 Å². The molecule has 2 aromatic rings. The Bertz CT molecular complexity index is 740. The van der Waals surface area contributed by atoms with Crippen LogP contribution in [0.3, 0.4) is 0 Å². The van der Waals surface area contributed by atoms with E-state index in [9.17, 15) is 4.79 Å². The lowest BCUT2D eigenvalue weighted by Crippen LogP contribution is -2.32. The number of hydrogen-bond donors (Lipinski definition) is 1. The maximum atomic E-state index is 12.4. The Kier molecular flexibility index (Phi) is 6.19. The summed E-state index contributed by atoms with van der Waals surface area (Å²) < 4.78 is 7.30. The largest absolute Gasteiger partial charge is 0.497 e. The monoisotopic (exact) mass is 374 g/mol. The van der Waals surface area contributed by atoms with Gasteiger partial charge in [0.15, 0.2) is 5.16 Å². The van der Waals surface area contributed by atoms with E-state index in [0.717, 1.165) is 29.7 Å². The highest BCUT2D eigenvalue weighted by Crippen LogP contribution is 2.40. The quantitative estimate of drug-likeness (QED) is 0.683. The van der Waals surface area contributed by atoms with Gasteiger partial charge < -0.3 is 14.6 Å². The summed E-state index contributed by atoms with van der Waals surface area (Å²) in [4.78, 5) is 12.4. The van der Waals surface area contributed by atoms with Gasteiger partial charge in [-0.25, -0.2) is 0 Å². The fourth-order valence-electron chi connectivity index (χ4n) is 2.81. The molecular weight excluding hydrogens is 348 g/mol. The van der Waals surface area contributed by atoms with Gasteiger partial charge in [0.1, 0.15) is 11.6 Å². The lowest BCUT2D eigenvalue weighted by Gasteiger charge is -2.13. The highest BCUT2D eigenvalue weighted by atomic mass is 32.2. The third kappa shape index (κ3) is 4.58. The summed E-state index contributed by atoms with van der Waals surface area (Å²) in [5.74, 6) is 2.50. The molecule has 1 fully saturated rings. The van der Waals surface area contributed by atoms with Gasteiger partial charge in [0.2, 0.25) is 5.91 Å². The SMILES string of the molecule is CCn1c(SC(C)C(=O)NCCc2ccc(OC)cc2)nnc1C1CC1. The van der Waals surface area contributed by atoms with Crippen LogP contribution in [-0.2, 0) is 17.8 Å². The van der Waals surface area contributed by atoms with Crippen LogP contribution < -0.4 is 10.1 Å². The van der Waals surface area contributed by atoms with Crippen molar-refractivity contribution in [3.05, 3.63) is 35.7 Å². The van der Waals surface area contributed by atoms with Crippen molar-refractivity contribution < 1.29 is 9.53 Å². The molecule has 3 rings (SSSR count). The van der Waals surface area contributed by atoms with Crippen LogP contribution in [0.4, 0.5) is 0 Å². The van der Waals surface area contributed by atoms with Gasteiger partial charge in [-0.05, 0) is 50.8 Å². The number of rotatable bonds is 9. The zero-order valence-electron chi connectivity index (χ0n) is 15.6. The van der Waals surface area contributed by atoms with Gasteiger partial charge in [0.25, 0.3) is 0 Å². The molecule has 7 heteroatoms. The smallest absolute Gasteiger partial charge is 0.233 e. The number of methoxy groups -OCH3 is 1. The summed E-state index contributed by atoms with van der Waals surface area (Å²) >= 11 is 1.48. The highest BCUT2D eigenvalue weighted by Gasteiger charge is 2.30. The standard InChI is InChI=1S/C19H26N4O2S/c1-4-23-17(15-7-8-15)21-22-19(23)26-13(2)18(24)20-12-11-14-5-9-16(25-3)10-6-14/h5-6,9-10,13,15H,4,7-8,11-12H2,1-3H3,(H,20,24). The van der Waals surface area contributed by atoms with Crippen LogP contribution in [0.15, 0.2) is 29.4 Å². The Morgan fingerprint density at radius 3 is 2.69 bits per heavy atom. The van der Waals surface area contributed by atoms with Gasteiger partial charge in [0.05, 0.1) is 12.4 Å². The summed E-state index contributed by atoms with van der Waals surface area (Å²) in [5, 5.41) is 12.3.